The normalized spacial score (nSPS) is 19.1. The van der Waals surface area contributed by atoms with Crippen LogP contribution in [-0.4, -0.2) is 6.04 Å². The van der Waals surface area contributed by atoms with Crippen molar-refractivity contribution in [2.75, 3.05) is 9.80 Å². The molecule has 302 valence electrons. The first-order chi connectivity index (χ1) is 30.7. The predicted molar refractivity (Wildman–Crippen MR) is 264 cm³/mol. The lowest BCUT2D eigenvalue weighted by molar-refractivity contribution is 0.746. The number of allylic oxidation sites excluding steroid dienone is 13. The van der Waals surface area contributed by atoms with Crippen molar-refractivity contribution in [3.8, 4) is 11.1 Å². The van der Waals surface area contributed by atoms with Gasteiger partial charge in [-0.05, 0) is 131 Å². The van der Waals surface area contributed by atoms with Crippen LogP contribution in [0.15, 0.2) is 242 Å². The summed E-state index contributed by atoms with van der Waals surface area (Å²) in [4.78, 5) is 4.92. The summed E-state index contributed by atoms with van der Waals surface area (Å²) in [5.74, 6) is 0.716. The van der Waals surface area contributed by atoms with Gasteiger partial charge in [0.15, 0.2) is 0 Å². The SMILES string of the molecule is C1=CCCC(c2ccc(N(C3=CCC(c4ccc(N(c5ccc(-c6ccccc6)cc5)c5ccc(C6C=CC=CC6)cc5)cc4)C=C3)C3C=CC(c4ccccc4)=CC3)cc2)=C1. The molecule has 0 saturated heterocycles. The summed E-state index contributed by atoms with van der Waals surface area (Å²) in [5, 5.41) is 0. The lowest BCUT2D eigenvalue weighted by Gasteiger charge is -2.35. The summed E-state index contributed by atoms with van der Waals surface area (Å²) in [6, 6.07) is 58.2. The van der Waals surface area contributed by atoms with Crippen LogP contribution in [0.2, 0.25) is 0 Å². The van der Waals surface area contributed by atoms with Crippen molar-refractivity contribution in [1.82, 2.24) is 0 Å². The highest BCUT2D eigenvalue weighted by Crippen LogP contribution is 2.40. The standard InChI is InChI=1S/C60H52N2/c1-5-13-45(14-6-1)49-21-33-55(34-22-49)61(56-35-23-50(24-36-56)46-15-7-2-8-16-46)59-41-29-53(30-42-59)54-31-43-60(44-32-54)62(57-37-25-51(26-38-57)47-17-9-3-10-18-47)58-39-27-52(28-40-58)48-19-11-4-12-20-48/h1-11,13-15,17-19,21-31,33-37,39-44,46,54,57H,12,16,20,32,38H2. The van der Waals surface area contributed by atoms with Gasteiger partial charge >= 0.3 is 0 Å². The van der Waals surface area contributed by atoms with Gasteiger partial charge < -0.3 is 9.80 Å². The number of nitrogens with zero attached hydrogens (tertiary/aromatic N) is 2. The Morgan fingerprint density at radius 2 is 1.02 bits per heavy atom. The van der Waals surface area contributed by atoms with E-state index in [1.807, 2.05) is 0 Å². The largest absolute Gasteiger partial charge is 0.335 e. The molecule has 0 saturated carbocycles. The van der Waals surface area contributed by atoms with Crippen molar-refractivity contribution in [3.05, 3.63) is 265 Å². The minimum atomic E-state index is 0.217. The van der Waals surface area contributed by atoms with E-state index in [0.29, 0.717) is 11.8 Å². The second-order valence-electron chi connectivity index (χ2n) is 16.7. The number of benzene rings is 6. The lowest BCUT2D eigenvalue weighted by atomic mass is 9.90. The van der Waals surface area contributed by atoms with Crippen LogP contribution in [0.4, 0.5) is 22.7 Å². The van der Waals surface area contributed by atoms with E-state index < -0.39 is 0 Å². The molecule has 3 atom stereocenters. The molecule has 0 radical (unpaired) electrons. The number of hydrogen-bond acceptors (Lipinski definition) is 2. The van der Waals surface area contributed by atoms with Crippen LogP contribution in [0.25, 0.3) is 22.3 Å². The van der Waals surface area contributed by atoms with Crippen LogP contribution in [-0.2, 0) is 0 Å². The van der Waals surface area contributed by atoms with Gasteiger partial charge in [-0.2, -0.15) is 0 Å². The Bertz CT molecular complexity index is 2720. The van der Waals surface area contributed by atoms with Crippen LogP contribution in [0.5, 0.6) is 0 Å². The molecular formula is C60H52N2. The molecule has 0 fully saturated rings. The lowest BCUT2D eigenvalue weighted by Crippen LogP contribution is -2.34. The van der Waals surface area contributed by atoms with Crippen molar-refractivity contribution >= 4 is 33.9 Å². The van der Waals surface area contributed by atoms with Crippen molar-refractivity contribution < 1.29 is 0 Å². The summed E-state index contributed by atoms with van der Waals surface area (Å²) in [5.41, 5.74) is 16.3. The van der Waals surface area contributed by atoms with Crippen molar-refractivity contribution in [2.24, 2.45) is 0 Å². The van der Waals surface area contributed by atoms with E-state index in [1.54, 1.807) is 0 Å². The molecule has 0 N–H and O–H groups in total. The summed E-state index contributed by atoms with van der Waals surface area (Å²) in [7, 11) is 0. The van der Waals surface area contributed by atoms with Crippen molar-refractivity contribution in [3.63, 3.8) is 0 Å². The molecule has 0 amide bonds. The summed E-state index contributed by atoms with van der Waals surface area (Å²) < 4.78 is 0. The Morgan fingerprint density at radius 3 is 1.58 bits per heavy atom. The molecule has 0 aliphatic heterocycles. The van der Waals surface area contributed by atoms with Gasteiger partial charge in [0.05, 0.1) is 6.04 Å². The Morgan fingerprint density at radius 1 is 0.419 bits per heavy atom. The summed E-state index contributed by atoms with van der Waals surface area (Å²) in [6.07, 6.45) is 35.0. The Balaban J connectivity index is 0.906. The predicted octanol–water partition coefficient (Wildman–Crippen LogP) is 16.0. The van der Waals surface area contributed by atoms with Gasteiger partial charge in [-0.3, -0.25) is 0 Å². The molecule has 6 aromatic carbocycles. The molecule has 62 heavy (non-hydrogen) atoms. The van der Waals surface area contributed by atoms with E-state index >= 15 is 0 Å². The molecule has 10 rings (SSSR count). The first kappa shape index (κ1) is 39.0. The zero-order chi connectivity index (χ0) is 41.5. The van der Waals surface area contributed by atoms with Gasteiger partial charge in [-0.15, -0.1) is 0 Å². The Hall–Kier alpha value is -7.16. The molecule has 2 nitrogen and oxygen atoms in total. The molecular weight excluding hydrogens is 749 g/mol. The van der Waals surface area contributed by atoms with Crippen molar-refractivity contribution in [2.45, 2.75) is 50.0 Å². The van der Waals surface area contributed by atoms with E-state index in [2.05, 4.69) is 247 Å². The zero-order valence-electron chi connectivity index (χ0n) is 35.2. The molecule has 2 heteroatoms. The minimum absolute atomic E-state index is 0.217. The molecule has 4 aliphatic carbocycles. The first-order valence-electron chi connectivity index (χ1n) is 22.3. The molecule has 6 aromatic rings. The van der Waals surface area contributed by atoms with Gasteiger partial charge in [0, 0.05) is 40.3 Å². The smallest absolute Gasteiger partial charge is 0.0560 e. The fourth-order valence-electron chi connectivity index (χ4n) is 9.34. The number of hydrogen-bond donors (Lipinski definition) is 0. The molecule has 0 aromatic heterocycles. The maximum Gasteiger partial charge on any atom is 0.0560 e. The van der Waals surface area contributed by atoms with E-state index in [1.165, 1.54) is 55.9 Å². The fraction of sp³-hybridized carbons (Fsp3) is 0.133. The average Bonchev–Trinajstić information content (AvgIpc) is 3.36. The Kier molecular flexibility index (Phi) is 11.5. The van der Waals surface area contributed by atoms with Crippen LogP contribution in [0, 0.1) is 0 Å². The highest BCUT2D eigenvalue weighted by Gasteiger charge is 2.24. The van der Waals surface area contributed by atoms with Crippen molar-refractivity contribution in [1.29, 1.82) is 0 Å². The Labute approximate surface area is 367 Å². The van der Waals surface area contributed by atoms with Gasteiger partial charge in [0.1, 0.15) is 0 Å². The number of anilines is 4. The maximum absolute atomic E-state index is 2.54. The summed E-state index contributed by atoms with van der Waals surface area (Å²) in [6.45, 7) is 0. The van der Waals surface area contributed by atoms with Gasteiger partial charge in [0.2, 0.25) is 0 Å². The first-order valence-corrected chi connectivity index (χ1v) is 22.3. The topological polar surface area (TPSA) is 6.48 Å². The molecule has 4 aliphatic rings. The molecule has 0 heterocycles. The van der Waals surface area contributed by atoms with Gasteiger partial charge in [-0.25, -0.2) is 0 Å². The minimum Gasteiger partial charge on any atom is -0.335 e. The summed E-state index contributed by atoms with van der Waals surface area (Å²) >= 11 is 0. The highest BCUT2D eigenvalue weighted by molar-refractivity contribution is 5.79. The second-order valence-corrected chi connectivity index (χ2v) is 16.7. The van der Waals surface area contributed by atoms with Crippen LogP contribution in [0.3, 0.4) is 0 Å². The van der Waals surface area contributed by atoms with Crippen LogP contribution >= 0.6 is 0 Å². The monoisotopic (exact) mass is 800 g/mol. The van der Waals surface area contributed by atoms with Crippen LogP contribution < -0.4 is 9.80 Å². The third kappa shape index (κ3) is 8.55. The zero-order valence-corrected chi connectivity index (χ0v) is 35.2. The molecule has 0 bridgehead atoms. The molecule has 3 unspecified atom stereocenters. The van der Waals surface area contributed by atoms with E-state index in [4.69, 9.17) is 0 Å². The molecule has 0 spiro atoms. The van der Waals surface area contributed by atoms with Crippen LogP contribution in [0.1, 0.15) is 66.2 Å². The average molecular weight is 801 g/mol. The van der Waals surface area contributed by atoms with Gasteiger partial charge in [-0.1, -0.05) is 182 Å². The number of rotatable bonds is 11. The van der Waals surface area contributed by atoms with E-state index in [-0.39, 0.29) is 6.04 Å². The van der Waals surface area contributed by atoms with E-state index in [9.17, 15) is 0 Å². The third-order valence-electron chi connectivity index (χ3n) is 12.8. The second kappa shape index (κ2) is 18.2. The quantitative estimate of drug-likeness (QED) is 0.129. The fourth-order valence-corrected chi connectivity index (χ4v) is 9.34. The third-order valence-corrected chi connectivity index (χ3v) is 12.8. The highest BCUT2D eigenvalue weighted by atomic mass is 15.2. The maximum atomic E-state index is 2.54. The van der Waals surface area contributed by atoms with Gasteiger partial charge in [0.25, 0.3) is 0 Å². The van der Waals surface area contributed by atoms with E-state index in [0.717, 1.165) is 49.2 Å².